The van der Waals surface area contributed by atoms with Crippen molar-refractivity contribution in [1.82, 2.24) is 24.2 Å². The number of aromatic amines is 1. The van der Waals surface area contributed by atoms with Crippen molar-refractivity contribution in [3.05, 3.63) is 16.7 Å². The number of aromatic nitrogens is 4. The molecule has 2 aromatic rings. The smallest absolute Gasteiger partial charge is 0.387 e. The molecule has 4 heterocycles. The van der Waals surface area contributed by atoms with Gasteiger partial charge in [0.1, 0.15) is 18.3 Å². The van der Waals surface area contributed by atoms with Crippen molar-refractivity contribution in [2.45, 2.75) is 43.8 Å². The maximum atomic E-state index is 12.5. The molecule has 5 atom stereocenters. The van der Waals surface area contributed by atoms with Crippen LogP contribution in [0, 0.1) is 0 Å². The van der Waals surface area contributed by atoms with Gasteiger partial charge in [-0.3, -0.25) is 18.9 Å². The van der Waals surface area contributed by atoms with Crippen LogP contribution in [0.5, 0.6) is 0 Å². The lowest BCUT2D eigenvalue weighted by molar-refractivity contribution is -0.0499. The van der Waals surface area contributed by atoms with Crippen LogP contribution < -0.4 is 11.3 Å². The van der Waals surface area contributed by atoms with E-state index in [9.17, 15) is 24.5 Å². The molecular formula is C15H23N6O7P. The standard InChI is InChI=1S/C15H23N6O7P/c16-15-18-12-9(13(24)19-15)17-7-21(12)14-11(23)10(22)8(28-14)6-27-29(25,26)20-4-2-1-3-5-20/h7-8,10-11,14,22-23H,1-6H2,(H,25,26)(H3,16,18,19,24)/t8-,10-,11-,14-/m1/s1. The number of anilines is 1. The molecule has 6 N–H and O–H groups in total. The zero-order chi connectivity index (χ0) is 20.8. The number of nitrogens with two attached hydrogens (primary N) is 1. The fourth-order valence-corrected chi connectivity index (χ4v) is 4.90. The maximum absolute atomic E-state index is 12.5. The van der Waals surface area contributed by atoms with E-state index in [0.29, 0.717) is 13.1 Å². The second kappa shape index (κ2) is 7.76. The maximum Gasteiger partial charge on any atom is 0.405 e. The molecule has 0 saturated carbocycles. The van der Waals surface area contributed by atoms with Crippen LogP contribution in [0.25, 0.3) is 11.2 Å². The Bertz CT molecular complexity index is 989. The van der Waals surface area contributed by atoms with Crippen LogP contribution in [-0.4, -0.2) is 77.3 Å². The molecule has 0 aromatic carbocycles. The Hall–Kier alpha value is -1.86. The molecule has 0 spiro atoms. The molecule has 0 bridgehead atoms. The molecule has 14 heteroatoms. The zero-order valence-corrected chi connectivity index (χ0v) is 16.3. The SMILES string of the molecule is Nc1nc2c(ncn2[C@@H]2O[C@H](COP(=O)(O)N3CCCCC3)[C@@H](O)[C@H]2O)c(=O)[nH]1. The fraction of sp³-hybridized carbons (Fsp3) is 0.667. The summed E-state index contributed by atoms with van der Waals surface area (Å²) in [7, 11) is -4.03. The third kappa shape index (κ3) is 3.82. The fourth-order valence-electron chi connectivity index (χ4n) is 3.61. The van der Waals surface area contributed by atoms with Gasteiger partial charge in [0, 0.05) is 13.1 Å². The predicted molar refractivity (Wildman–Crippen MR) is 99.7 cm³/mol. The van der Waals surface area contributed by atoms with Gasteiger partial charge in [0.25, 0.3) is 5.56 Å². The van der Waals surface area contributed by atoms with Crippen LogP contribution in [-0.2, 0) is 13.8 Å². The summed E-state index contributed by atoms with van der Waals surface area (Å²) in [6, 6.07) is 0. The van der Waals surface area contributed by atoms with Crippen LogP contribution in [0.4, 0.5) is 5.95 Å². The molecule has 13 nitrogen and oxygen atoms in total. The Kier molecular flexibility index (Phi) is 5.46. The van der Waals surface area contributed by atoms with Gasteiger partial charge in [-0.15, -0.1) is 0 Å². The van der Waals surface area contributed by atoms with Crippen LogP contribution in [0.15, 0.2) is 11.1 Å². The van der Waals surface area contributed by atoms with Crippen molar-refractivity contribution < 1.29 is 28.9 Å². The number of hydrogen-bond acceptors (Lipinski definition) is 9. The quantitative estimate of drug-likeness (QED) is 0.363. The number of fused-ring (bicyclic) bond motifs is 1. The highest BCUT2D eigenvalue weighted by Crippen LogP contribution is 2.48. The van der Waals surface area contributed by atoms with Crippen LogP contribution in [0.3, 0.4) is 0 Å². The summed E-state index contributed by atoms with van der Waals surface area (Å²) >= 11 is 0. The van der Waals surface area contributed by atoms with E-state index in [1.807, 2.05) is 0 Å². The lowest BCUT2D eigenvalue weighted by Crippen LogP contribution is -2.35. The lowest BCUT2D eigenvalue weighted by atomic mass is 10.1. The Morgan fingerprint density at radius 1 is 1.31 bits per heavy atom. The van der Waals surface area contributed by atoms with Crippen molar-refractivity contribution in [3.8, 4) is 0 Å². The number of ether oxygens (including phenoxy) is 1. The van der Waals surface area contributed by atoms with Crippen molar-refractivity contribution >= 4 is 24.9 Å². The number of piperidine rings is 1. The highest BCUT2D eigenvalue weighted by molar-refractivity contribution is 7.50. The number of imidazole rings is 1. The summed E-state index contributed by atoms with van der Waals surface area (Å²) in [6.45, 7) is 0.507. The molecule has 2 aromatic heterocycles. The Morgan fingerprint density at radius 3 is 2.76 bits per heavy atom. The predicted octanol–water partition coefficient (Wildman–Crippen LogP) is -1.08. The van der Waals surface area contributed by atoms with Gasteiger partial charge < -0.3 is 25.6 Å². The van der Waals surface area contributed by atoms with Crippen molar-refractivity contribution in [2.75, 3.05) is 25.4 Å². The van der Waals surface area contributed by atoms with Gasteiger partial charge in [-0.1, -0.05) is 6.42 Å². The zero-order valence-electron chi connectivity index (χ0n) is 15.4. The number of nitrogen functional groups attached to an aromatic ring is 1. The average Bonchev–Trinajstić information content (AvgIpc) is 3.23. The number of H-pyrrole nitrogens is 1. The molecule has 0 amide bonds. The number of hydrogen-bond donors (Lipinski definition) is 5. The third-order valence-corrected chi connectivity index (χ3v) is 6.76. The molecule has 0 radical (unpaired) electrons. The van der Waals surface area contributed by atoms with Crippen LogP contribution in [0.2, 0.25) is 0 Å². The first-order valence-corrected chi connectivity index (χ1v) is 10.8. The first-order valence-electron chi connectivity index (χ1n) is 9.24. The highest BCUT2D eigenvalue weighted by atomic mass is 31.2. The van der Waals surface area contributed by atoms with Crippen LogP contribution >= 0.6 is 7.75 Å². The number of nitrogens with zero attached hydrogens (tertiary/aromatic N) is 4. The van der Waals surface area contributed by atoms with Crippen molar-refractivity contribution in [2.24, 2.45) is 0 Å². The van der Waals surface area contributed by atoms with Gasteiger partial charge in [-0.05, 0) is 12.8 Å². The molecule has 2 aliphatic heterocycles. The van der Waals surface area contributed by atoms with Gasteiger partial charge in [-0.25, -0.2) is 14.2 Å². The molecule has 0 aliphatic carbocycles. The summed E-state index contributed by atoms with van der Waals surface area (Å²) in [4.78, 5) is 32.4. The number of aliphatic hydroxyl groups is 2. The van der Waals surface area contributed by atoms with Gasteiger partial charge in [0.15, 0.2) is 17.4 Å². The molecule has 2 saturated heterocycles. The second-order valence-corrected chi connectivity index (χ2v) is 8.93. The van der Waals surface area contributed by atoms with E-state index in [4.69, 9.17) is 15.0 Å². The van der Waals surface area contributed by atoms with E-state index < -0.39 is 44.5 Å². The van der Waals surface area contributed by atoms with Gasteiger partial charge in [-0.2, -0.15) is 4.98 Å². The Morgan fingerprint density at radius 2 is 2.03 bits per heavy atom. The van der Waals surface area contributed by atoms with Gasteiger partial charge in [0.05, 0.1) is 12.9 Å². The van der Waals surface area contributed by atoms with E-state index in [1.54, 1.807) is 0 Å². The summed E-state index contributed by atoms with van der Waals surface area (Å²) in [5.74, 6) is -0.139. The van der Waals surface area contributed by atoms with E-state index in [-0.39, 0.29) is 17.1 Å². The summed E-state index contributed by atoms with van der Waals surface area (Å²) in [5.41, 5.74) is 5.08. The number of aliphatic hydroxyl groups excluding tert-OH is 2. The van der Waals surface area contributed by atoms with E-state index in [0.717, 1.165) is 19.3 Å². The highest BCUT2D eigenvalue weighted by Gasteiger charge is 2.45. The summed E-state index contributed by atoms with van der Waals surface area (Å²) < 4.78 is 26.0. The van der Waals surface area contributed by atoms with Crippen molar-refractivity contribution in [1.29, 1.82) is 0 Å². The molecule has 4 rings (SSSR count). The molecule has 160 valence electrons. The van der Waals surface area contributed by atoms with E-state index in [2.05, 4.69) is 15.0 Å². The summed E-state index contributed by atoms with van der Waals surface area (Å²) in [6.07, 6.45) is -1.16. The molecule has 2 fully saturated rings. The molecule has 2 aliphatic rings. The number of rotatable bonds is 5. The van der Waals surface area contributed by atoms with Crippen LogP contribution in [0.1, 0.15) is 25.5 Å². The Labute approximate surface area is 164 Å². The Balaban J connectivity index is 1.50. The minimum Gasteiger partial charge on any atom is -0.387 e. The monoisotopic (exact) mass is 430 g/mol. The van der Waals surface area contributed by atoms with E-state index in [1.165, 1.54) is 15.6 Å². The molecule has 29 heavy (non-hydrogen) atoms. The topological polar surface area (TPSA) is 189 Å². The largest absolute Gasteiger partial charge is 0.405 e. The second-order valence-electron chi connectivity index (χ2n) is 7.12. The molecular weight excluding hydrogens is 407 g/mol. The molecule has 1 unspecified atom stereocenters. The minimum atomic E-state index is -4.03. The van der Waals surface area contributed by atoms with Gasteiger partial charge in [0.2, 0.25) is 5.95 Å². The van der Waals surface area contributed by atoms with Gasteiger partial charge >= 0.3 is 7.75 Å². The third-order valence-electron chi connectivity index (χ3n) is 5.16. The first-order chi connectivity index (χ1) is 13.8. The number of nitrogens with one attached hydrogen (secondary N) is 1. The van der Waals surface area contributed by atoms with Crippen molar-refractivity contribution in [3.63, 3.8) is 0 Å². The minimum absolute atomic E-state index is 0.00542. The lowest BCUT2D eigenvalue weighted by Gasteiger charge is -2.30. The first kappa shape index (κ1) is 20.4. The summed E-state index contributed by atoms with van der Waals surface area (Å²) in [5, 5.41) is 20.7. The normalized spacial score (nSPS) is 30.6. The van der Waals surface area contributed by atoms with E-state index >= 15 is 0 Å². The average molecular weight is 430 g/mol.